The summed E-state index contributed by atoms with van der Waals surface area (Å²) in [5.41, 5.74) is -0.636. The number of carbonyl (C=O) groups excluding carboxylic acids is 1. The van der Waals surface area contributed by atoms with Crippen molar-refractivity contribution in [3.8, 4) is 0 Å². The van der Waals surface area contributed by atoms with Crippen molar-refractivity contribution in [1.82, 2.24) is 14.9 Å². The molecule has 0 aromatic heterocycles. The molecule has 0 radical (unpaired) electrons. The number of hydroxylamine groups is 2. The molecule has 130 valence electrons. The Morgan fingerprint density at radius 2 is 1.92 bits per heavy atom. The summed E-state index contributed by atoms with van der Waals surface area (Å²) in [5, 5.41) is 1.44. The Balaban J connectivity index is 1.74. The van der Waals surface area contributed by atoms with Crippen LogP contribution in [0.3, 0.4) is 0 Å². The molecule has 0 aliphatic carbocycles. The van der Waals surface area contributed by atoms with E-state index in [4.69, 9.17) is 4.84 Å². The predicted molar refractivity (Wildman–Crippen MR) is 88.9 cm³/mol. The zero-order valence-corrected chi connectivity index (χ0v) is 14.3. The van der Waals surface area contributed by atoms with Gasteiger partial charge in [-0.1, -0.05) is 12.1 Å². The van der Waals surface area contributed by atoms with E-state index in [1.807, 2.05) is 11.9 Å². The summed E-state index contributed by atoms with van der Waals surface area (Å²) in [5.74, 6) is 0.0562. The molecule has 0 spiro atoms. The predicted octanol–water partition coefficient (Wildman–Crippen LogP) is 1.33. The number of aliphatic imine (C=N–C) groups is 1. The van der Waals surface area contributed by atoms with E-state index in [9.17, 15) is 9.18 Å². The molecule has 0 saturated carbocycles. The third-order valence-electron chi connectivity index (χ3n) is 4.42. The molecule has 1 saturated heterocycles. The normalized spacial score (nSPS) is 25.1. The van der Waals surface area contributed by atoms with Gasteiger partial charge in [0.25, 0.3) is 0 Å². The summed E-state index contributed by atoms with van der Waals surface area (Å²) in [7, 11) is 3.72. The molecular weight excluding hydrogens is 311 g/mol. The fourth-order valence-electron chi connectivity index (χ4n) is 3.05. The van der Waals surface area contributed by atoms with Crippen molar-refractivity contribution in [2.24, 2.45) is 4.99 Å². The van der Waals surface area contributed by atoms with Crippen molar-refractivity contribution in [1.29, 1.82) is 0 Å². The standard InChI is InChI=1S/C17H23FN4O2/c1-17(12-15(23)22-10-8-20(2)9-11-22)19-16(21(3)24-17)13-6-4-5-7-14(13)18/h4-7H,8-12H2,1-3H3. The van der Waals surface area contributed by atoms with Crippen LogP contribution in [0.25, 0.3) is 0 Å². The van der Waals surface area contributed by atoms with Gasteiger partial charge in [-0.3, -0.25) is 4.79 Å². The summed E-state index contributed by atoms with van der Waals surface area (Å²) >= 11 is 0. The third kappa shape index (κ3) is 3.42. The monoisotopic (exact) mass is 334 g/mol. The molecule has 2 aliphatic rings. The first-order chi connectivity index (χ1) is 11.4. The number of nitrogens with zero attached hydrogens (tertiary/aromatic N) is 4. The van der Waals surface area contributed by atoms with Crippen molar-refractivity contribution < 1.29 is 14.0 Å². The maximum absolute atomic E-state index is 14.0. The van der Waals surface area contributed by atoms with Crippen molar-refractivity contribution in [3.63, 3.8) is 0 Å². The molecule has 2 aliphatic heterocycles. The molecule has 1 amide bonds. The molecule has 2 heterocycles. The van der Waals surface area contributed by atoms with Gasteiger partial charge in [-0.05, 0) is 26.1 Å². The molecule has 0 bridgehead atoms. The highest BCUT2D eigenvalue weighted by Gasteiger charge is 2.39. The third-order valence-corrected chi connectivity index (χ3v) is 4.42. The van der Waals surface area contributed by atoms with Gasteiger partial charge in [0.15, 0.2) is 11.6 Å². The largest absolute Gasteiger partial charge is 0.340 e. The first-order valence-electron chi connectivity index (χ1n) is 8.12. The van der Waals surface area contributed by atoms with Crippen LogP contribution in [0.2, 0.25) is 0 Å². The summed E-state index contributed by atoms with van der Waals surface area (Å²) in [4.78, 5) is 26.8. The lowest BCUT2D eigenvalue weighted by Gasteiger charge is -2.33. The van der Waals surface area contributed by atoms with Gasteiger partial charge in [0, 0.05) is 33.2 Å². The molecule has 0 N–H and O–H groups in total. The first kappa shape index (κ1) is 16.9. The number of carbonyl (C=O) groups is 1. The summed E-state index contributed by atoms with van der Waals surface area (Å²) in [6.45, 7) is 4.92. The highest BCUT2D eigenvalue weighted by molar-refractivity contribution is 5.99. The average molecular weight is 334 g/mol. The number of piperazine rings is 1. The van der Waals surface area contributed by atoms with Gasteiger partial charge in [0.05, 0.1) is 12.0 Å². The van der Waals surface area contributed by atoms with Gasteiger partial charge in [-0.15, -0.1) is 0 Å². The number of halogens is 1. The molecular formula is C17H23FN4O2. The van der Waals surface area contributed by atoms with Gasteiger partial charge < -0.3 is 9.80 Å². The summed E-state index contributed by atoms with van der Waals surface area (Å²) in [6, 6.07) is 6.42. The number of rotatable bonds is 3. The van der Waals surface area contributed by atoms with Gasteiger partial charge in [0.1, 0.15) is 5.82 Å². The van der Waals surface area contributed by atoms with Crippen LogP contribution in [0.5, 0.6) is 0 Å². The molecule has 3 rings (SSSR count). The Labute approximate surface area is 141 Å². The Kier molecular flexibility index (Phi) is 4.56. The lowest BCUT2D eigenvalue weighted by atomic mass is 10.1. The minimum absolute atomic E-state index is 0.0116. The second-order valence-electron chi connectivity index (χ2n) is 6.54. The minimum atomic E-state index is -1.01. The van der Waals surface area contributed by atoms with Gasteiger partial charge in [-0.2, -0.15) is 0 Å². The van der Waals surface area contributed by atoms with E-state index in [-0.39, 0.29) is 18.1 Å². The summed E-state index contributed by atoms with van der Waals surface area (Å²) < 4.78 is 14.0. The van der Waals surface area contributed by atoms with Crippen LogP contribution < -0.4 is 0 Å². The quantitative estimate of drug-likeness (QED) is 0.837. The highest BCUT2D eigenvalue weighted by atomic mass is 19.1. The van der Waals surface area contributed by atoms with Crippen molar-refractivity contribution in [3.05, 3.63) is 35.6 Å². The molecule has 1 unspecified atom stereocenters. The van der Waals surface area contributed by atoms with E-state index < -0.39 is 5.72 Å². The van der Waals surface area contributed by atoms with Crippen LogP contribution in [-0.4, -0.2) is 72.6 Å². The molecule has 1 fully saturated rings. The van der Waals surface area contributed by atoms with Crippen molar-refractivity contribution >= 4 is 11.7 Å². The van der Waals surface area contributed by atoms with Crippen molar-refractivity contribution in [2.45, 2.75) is 19.1 Å². The van der Waals surface area contributed by atoms with Crippen LogP contribution >= 0.6 is 0 Å². The topological polar surface area (TPSA) is 48.4 Å². The Bertz CT molecular complexity index is 658. The van der Waals surface area contributed by atoms with Crippen LogP contribution in [0.15, 0.2) is 29.3 Å². The average Bonchev–Trinajstić information content (AvgIpc) is 2.83. The number of likely N-dealkylation sites (N-methyl/N-ethyl adjacent to an activating group) is 1. The highest BCUT2D eigenvalue weighted by Crippen LogP contribution is 2.29. The van der Waals surface area contributed by atoms with Crippen LogP contribution in [0, 0.1) is 5.82 Å². The van der Waals surface area contributed by atoms with Gasteiger partial charge in [0.2, 0.25) is 5.91 Å². The van der Waals surface area contributed by atoms with E-state index >= 15 is 0 Å². The zero-order chi connectivity index (χ0) is 17.3. The van der Waals surface area contributed by atoms with E-state index in [2.05, 4.69) is 9.89 Å². The molecule has 6 nitrogen and oxygen atoms in total. The fourth-order valence-corrected chi connectivity index (χ4v) is 3.05. The van der Waals surface area contributed by atoms with Gasteiger partial charge >= 0.3 is 0 Å². The smallest absolute Gasteiger partial charge is 0.227 e. The minimum Gasteiger partial charge on any atom is -0.340 e. The Morgan fingerprint density at radius 1 is 1.25 bits per heavy atom. The lowest BCUT2D eigenvalue weighted by Crippen LogP contribution is -2.48. The first-order valence-corrected chi connectivity index (χ1v) is 8.12. The number of hydrogen-bond donors (Lipinski definition) is 0. The lowest BCUT2D eigenvalue weighted by molar-refractivity contribution is -0.171. The Morgan fingerprint density at radius 3 is 2.58 bits per heavy atom. The second-order valence-corrected chi connectivity index (χ2v) is 6.54. The van der Waals surface area contributed by atoms with E-state index in [1.54, 1.807) is 32.2 Å². The van der Waals surface area contributed by atoms with Gasteiger partial charge in [-0.25, -0.2) is 19.3 Å². The molecule has 24 heavy (non-hydrogen) atoms. The maximum atomic E-state index is 14.0. The molecule has 1 aromatic carbocycles. The molecule has 1 aromatic rings. The summed E-state index contributed by atoms with van der Waals surface area (Å²) in [6.07, 6.45) is 0.138. The Hall–Kier alpha value is -1.99. The number of benzene rings is 1. The second kappa shape index (κ2) is 6.49. The van der Waals surface area contributed by atoms with Crippen LogP contribution in [0.1, 0.15) is 18.9 Å². The maximum Gasteiger partial charge on any atom is 0.227 e. The zero-order valence-electron chi connectivity index (χ0n) is 14.3. The number of amides is 1. The van der Waals surface area contributed by atoms with Crippen molar-refractivity contribution in [2.75, 3.05) is 40.3 Å². The molecule has 7 heteroatoms. The van der Waals surface area contributed by atoms with Crippen LogP contribution in [-0.2, 0) is 9.63 Å². The van der Waals surface area contributed by atoms with E-state index in [0.29, 0.717) is 24.5 Å². The fraction of sp³-hybridized carbons (Fsp3) is 0.529. The number of hydrogen-bond acceptors (Lipinski definition) is 5. The van der Waals surface area contributed by atoms with E-state index in [0.717, 1.165) is 13.1 Å². The molecule has 1 atom stereocenters. The number of amidine groups is 1. The SMILES string of the molecule is CN1CCN(C(=O)CC2(C)N=C(c3ccccc3F)N(C)O2)CC1. The van der Waals surface area contributed by atoms with E-state index in [1.165, 1.54) is 11.1 Å². The van der Waals surface area contributed by atoms with Crippen LogP contribution in [0.4, 0.5) is 4.39 Å².